The molecule has 0 unspecified atom stereocenters. The maximum atomic E-state index is 5.37. The first-order chi connectivity index (χ1) is 9.44. The van der Waals surface area contributed by atoms with Gasteiger partial charge in [-0.1, -0.05) is 71.2 Å². The van der Waals surface area contributed by atoms with Crippen molar-refractivity contribution in [3.8, 4) is 0 Å². The van der Waals surface area contributed by atoms with Gasteiger partial charge in [0.05, 0.1) is 7.85 Å². The summed E-state index contributed by atoms with van der Waals surface area (Å²) in [6.07, 6.45) is 0.612. The first-order valence-electron chi connectivity index (χ1n) is 7.85. The van der Waals surface area contributed by atoms with Crippen molar-refractivity contribution in [3.05, 3.63) is 20.7 Å². The summed E-state index contributed by atoms with van der Waals surface area (Å²) in [5, 5.41) is 0. The molecule has 0 atom stereocenters. The van der Waals surface area contributed by atoms with Crippen LogP contribution >= 0.6 is 0 Å². The molecule has 0 aliphatic carbocycles. The molecule has 0 bridgehead atoms. The molecule has 0 aromatic carbocycles. The van der Waals surface area contributed by atoms with Crippen molar-refractivity contribution in [3.63, 3.8) is 0 Å². The molecule has 0 aromatic rings. The second-order valence-corrected chi connectivity index (χ2v) is 4.10. The van der Waals surface area contributed by atoms with Crippen LogP contribution in [0.4, 0.5) is 0 Å². The van der Waals surface area contributed by atoms with E-state index in [0.717, 1.165) is 13.1 Å². The van der Waals surface area contributed by atoms with E-state index in [2.05, 4.69) is 58.1 Å². The van der Waals surface area contributed by atoms with Crippen molar-refractivity contribution < 1.29 is 65.4 Å². The van der Waals surface area contributed by atoms with Gasteiger partial charge in [0.2, 0.25) is 0 Å². The van der Waals surface area contributed by atoms with Gasteiger partial charge in [0.1, 0.15) is 0 Å². The van der Waals surface area contributed by atoms with Crippen LogP contribution in [-0.4, -0.2) is 56.6 Å². The van der Waals surface area contributed by atoms with Crippen LogP contribution in [0.1, 0.15) is 85.1 Å². The Morgan fingerprint density at radius 2 is 1.08 bits per heavy atom. The molecule has 0 heterocycles. The van der Waals surface area contributed by atoms with Crippen molar-refractivity contribution in [1.82, 2.24) is 9.71 Å². The first-order valence-corrected chi connectivity index (χ1v) is 7.85. The second kappa shape index (κ2) is 56.4. The van der Waals surface area contributed by atoms with E-state index < -0.39 is 0 Å². The molecule has 2 nitrogen and oxygen atoms in total. The predicted molar refractivity (Wildman–Crippen MR) is 126 cm³/mol. The van der Waals surface area contributed by atoms with Crippen LogP contribution in [0.2, 0.25) is 0 Å². The molecule has 5 radical (unpaired) electrons. The minimum absolute atomic E-state index is 0. The maximum absolute atomic E-state index is 5.37. The molecular weight excluding hydrogens is 468 g/mol. The summed E-state index contributed by atoms with van der Waals surface area (Å²) < 4.78 is 0. The molecule has 159 valence electrons. The molecular formula is C20H54B2N2Y2-3. The Morgan fingerprint density at radius 1 is 0.769 bits per heavy atom. The molecule has 0 spiro atoms. The topological polar surface area (TPSA) is 6.48 Å². The van der Waals surface area contributed by atoms with E-state index in [4.69, 9.17) is 7.85 Å². The SMILES string of the molecule is C.C.C.C.CC.CC.[B]CN(C[CH2-])C(C)C.[CH2-][B]N(C[CH2-])C(C)C.[Y].[Y]. The number of hydrogen-bond donors (Lipinski definition) is 0. The van der Waals surface area contributed by atoms with Gasteiger partial charge in [0.25, 0.3) is 0 Å². The van der Waals surface area contributed by atoms with Crippen LogP contribution < -0.4 is 0 Å². The van der Waals surface area contributed by atoms with E-state index in [-0.39, 0.29) is 95.1 Å². The van der Waals surface area contributed by atoms with Crippen molar-refractivity contribution in [2.24, 2.45) is 0 Å². The zero-order valence-electron chi connectivity index (χ0n) is 16.6. The largest absolute Gasteiger partial charge is 0.410 e. The molecule has 0 aromatic heterocycles. The average molecular weight is 522 g/mol. The van der Waals surface area contributed by atoms with E-state index in [1.807, 2.05) is 35.1 Å². The Morgan fingerprint density at radius 3 is 1.08 bits per heavy atom. The molecule has 0 aliphatic heterocycles. The van der Waals surface area contributed by atoms with E-state index >= 15 is 0 Å². The molecule has 0 saturated carbocycles. The van der Waals surface area contributed by atoms with E-state index in [1.54, 1.807) is 0 Å². The van der Waals surface area contributed by atoms with E-state index in [9.17, 15) is 0 Å². The van der Waals surface area contributed by atoms with E-state index in [0.29, 0.717) is 18.5 Å². The van der Waals surface area contributed by atoms with Gasteiger partial charge in [-0.2, -0.15) is 0 Å². The summed E-state index contributed by atoms with van der Waals surface area (Å²) >= 11 is 0. The van der Waals surface area contributed by atoms with Crippen molar-refractivity contribution in [2.45, 2.75) is 97.2 Å². The summed E-state index contributed by atoms with van der Waals surface area (Å²) in [5.74, 6) is 0. The predicted octanol–water partition coefficient (Wildman–Crippen LogP) is 6.19. The van der Waals surface area contributed by atoms with Crippen LogP contribution in [0.25, 0.3) is 0 Å². The zero-order chi connectivity index (χ0) is 17.1. The third kappa shape index (κ3) is 50.3. The summed E-state index contributed by atoms with van der Waals surface area (Å²) in [7, 11) is 7.19. The van der Waals surface area contributed by atoms with Crippen LogP contribution in [0.15, 0.2) is 0 Å². The van der Waals surface area contributed by atoms with Crippen LogP contribution in [-0.2, 0) is 65.4 Å². The molecule has 0 rings (SSSR count). The third-order valence-corrected chi connectivity index (χ3v) is 2.41. The fourth-order valence-electron chi connectivity index (χ4n) is 1.12. The van der Waals surface area contributed by atoms with Crippen LogP contribution in [0, 0.1) is 20.7 Å². The molecule has 0 amide bonds. The van der Waals surface area contributed by atoms with Crippen LogP contribution in [0.3, 0.4) is 0 Å². The van der Waals surface area contributed by atoms with Crippen molar-refractivity contribution >= 4 is 15.3 Å². The number of rotatable bonds is 6. The minimum atomic E-state index is 0. The van der Waals surface area contributed by atoms with Crippen LogP contribution in [0.5, 0.6) is 0 Å². The summed E-state index contributed by atoms with van der Waals surface area (Å²) in [6.45, 7) is 29.2. The molecule has 0 saturated heterocycles. The molecule has 6 heteroatoms. The first kappa shape index (κ1) is 63.0. The molecule has 0 N–H and O–H groups in total. The summed E-state index contributed by atoms with van der Waals surface area (Å²) in [6, 6.07) is 1.06. The third-order valence-electron chi connectivity index (χ3n) is 2.41. The number of nitrogens with zero attached hydrogens (tertiary/aromatic N) is 2. The van der Waals surface area contributed by atoms with Crippen molar-refractivity contribution in [1.29, 1.82) is 0 Å². The summed E-state index contributed by atoms with van der Waals surface area (Å²) in [5.41, 5.74) is 0. The molecule has 0 aliphatic rings. The summed E-state index contributed by atoms with van der Waals surface area (Å²) in [4.78, 5) is 4.15. The fourth-order valence-corrected chi connectivity index (χ4v) is 1.12. The fraction of sp³-hybridized carbons (Fsp3) is 0.850. The quantitative estimate of drug-likeness (QED) is 0.304. The van der Waals surface area contributed by atoms with Gasteiger partial charge >= 0.3 is 0 Å². The Kier molecular flexibility index (Phi) is 137. The Balaban J connectivity index is -0.0000000172. The van der Waals surface area contributed by atoms with Gasteiger partial charge in [-0.05, 0) is 26.3 Å². The smallest absolute Gasteiger partial charge is 0.0861 e. The molecule has 26 heavy (non-hydrogen) atoms. The van der Waals surface area contributed by atoms with E-state index in [1.165, 1.54) is 0 Å². The molecule has 0 fully saturated rings. The minimum Gasteiger partial charge on any atom is -0.410 e. The van der Waals surface area contributed by atoms with Crippen molar-refractivity contribution in [2.75, 3.05) is 19.5 Å². The Labute approximate surface area is 225 Å². The van der Waals surface area contributed by atoms with Gasteiger partial charge in [-0.25, -0.2) is 0 Å². The van der Waals surface area contributed by atoms with Gasteiger partial charge in [0, 0.05) is 78.9 Å². The standard InChI is InChI=1S/2C6H13BN.2C2H6.4CH4.2Y/c1-5-8(7-4)6(2)3;1-4-8(5-7)6(2)3;2*1-2;;;;;;/h2*6H,1,4-5H2,2-3H3;2*1-2H3;4*1H4;;/q-2;-1;;;;;;;;. The zero-order valence-corrected chi connectivity index (χ0v) is 22.3. The normalized spacial score (nSPS) is 7.19. The van der Waals surface area contributed by atoms with Gasteiger partial charge < -0.3 is 30.4 Å². The van der Waals surface area contributed by atoms with Gasteiger partial charge in [-0.15, -0.1) is 13.1 Å². The Bertz CT molecular complexity index is 130. The second-order valence-electron chi connectivity index (χ2n) is 4.10. The van der Waals surface area contributed by atoms with Gasteiger partial charge in [-0.3, -0.25) is 0 Å². The van der Waals surface area contributed by atoms with Gasteiger partial charge in [0.15, 0.2) is 0 Å². The maximum Gasteiger partial charge on any atom is 0.0861 e. The monoisotopic (exact) mass is 522 g/mol. The Hall–Kier alpha value is 2.26. The average Bonchev–Trinajstić information content (AvgIpc) is 2.46. The number of hydrogen-bond acceptors (Lipinski definition) is 2.